The number of nitrogens with zero attached hydrogens (tertiary/aromatic N) is 5. The van der Waals surface area contributed by atoms with Crippen LogP contribution in [0.15, 0.2) is 90.9 Å². The van der Waals surface area contributed by atoms with Crippen LogP contribution in [0.1, 0.15) is 127 Å². The van der Waals surface area contributed by atoms with Gasteiger partial charge >= 0.3 is 0 Å². The molecule has 3 saturated heterocycles. The largest absolute Gasteiger partial charge is 0.508 e. The molecule has 3 aromatic carbocycles. The Morgan fingerprint density at radius 1 is 0.550 bits per heavy atom. The summed E-state index contributed by atoms with van der Waals surface area (Å²) >= 11 is 0.774. The number of para-hydroxylation sites is 2. The van der Waals surface area contributed by atoms with Crippen molar-refractivity contribution in [2.45, 2.75) is 208 Å². The topological polar surface area (TPSA) is 655 Å². The summed E-state index contributed by atoms with van der Waals surface area (Å²) in [6, 6.07) is 0.782. The fourth-order valence-corrected chi connectivity index (χ4v) is 16.6. The van der Waals surface area contributed by atoms with Crippen LogP contribution in [0.25, 0.3) is 27.9 Å². The number of carbonyl (C=O) groups is 17. The van der Waals surface area contributed by atoms with E-state index in [1.807, 2.05) is 32.0 Å². The number of phenols is 1. The Balaban J connectivity index is 1.18. The van der Waals surface area contributed by atoms with E-state index in [9.17, 15) is 63.0 Å². The fraction of sp³-hybridized carbons (Fsp3) is 0.523. The number of carbonyl (C=O) groups excluding carboxylic acids is 17. The number of hydrogen-bond acceptors (Lipinski definition) is 24. The van der Waals surface area contributed by atoms with E-state index in [2.05, 4.69) is 63.1 Å². The highest BCUT2D eigenvalue weighted by Gasteiger charge is 2.46. The average Bonchev–Trinajstić information content (AvgIpc) is 1.68. The number of primary amides is 3. The van der Waals surface area contributed by atoms with Gasteiger partial charge in [0.15, 0.2) is 0 Å². The van der Waals surface area contributed by atoms with Crippen LogP contribution in [0.5, 0.6) is 5.75 Å². The van der Waals surface area contributed by atoms with Crippen LogP contribution in [0, 0.1) is 0 Å². The highest BCUT2D eigenvalue weighted by molar-refractivity contribution is 8.00. The number of benzene rings is 3. The van der Waals surface area contributed by atoms with Crippen LogP contribution in [0.3, 0.4) is 0 Å². The lowest BCUT2D eigenvalue weighted by Gasteiger charge is -2.37. The number of hydrogen-bond donors (Lipinski definition) is 20. The highest BCUT2D eigenvalue weighted by Crippen LogP contribution is 2.28. The van der Waals surface area contributed by atoms with Gasteiger partial charge in [0, 0.05) is 112 Å². The summed E-state index contributed by atoms with van der Waals surface area (Å²) in [5.74, 6) is -17.0. The number of nitrogens with two attached hydrogens (primary N) is 6. The summed E-state index contributed by atoms with van der Waals surface area (Å²) in [6.45, 7) is 2.76. The molecule has 0 bridgehead atoms. The van der Waals surface area contributed by atoms with Crippen molar-refractivity contribution in [3.63, 3.8) is 0 Å². The first-order valence-corrected chi connectivity index (χ1v) is 44.3. The number of aromatic nitrogens is 2. The number of rotatable bonds is 24. The van der Waals surface area contributed by atoms with E-state index >= 15 is 28.8 Å². The lowest BCUT2D eigenvalue weighted by atomic mass is 10.00. The number of unbranched alkanes of at least 4 members (excludes halogenated alkanes) is 2. The van der Waals surface area contributed by atoms with Gasteiger partial charge in [-0.2, -0.15) is 0 Å². The second-order valence-corrected chi connectivity index (χ2v) is 33.6. The molecule has 43 heteroatoms. The van der Waals surface area contributed by atoms with Gasteiger partial charge in [-0.25, -0.2) is 0 Å². The van der Waals surface area contributed by atoms with E-state index in [1.165, 1.54) is 49.2 Å². The van der Waals surface area contributed by atoms with Crippen molar-refractivity contribution in [3.05, 3.63) is 108 Å². The summed E-state index contributed by atoms with van der Waals surface area (Å²) in [5, 5.41) is 49.1. The summed E-state index contributed by atoms with van der Waals surface area (Å²) in [5.41, 5.74) is 37.5. The molecule has 0 aliphatic carbocycles. The maximum atomic E-state index is 15.7. The number of phenolic OH excluding ortho intramolecular Hbond substituents is 1. The molecule has 42 nitrogen and oxygen atoms in total. The molecule has 26 N–H and O–H groups in total. The maximum Gasteiger partial charge on any atom is 0.270 e. The Bertz CT molecular complexity index is 4870. The van der Waals surface area contributed by atoms with Gasteiger partial charge in [0.1, 0.15) is 77.9 Å². The molecule has 0 unspecified atom stereocenters. The number of nitrogens with one attached hydrogen (secondary N) is 12. The Hall–Kier alpha value is -12.6. The van der Waals surface area contributed by atoms with Gasteiger partial charge in [-0.15, -0.1) is 11.8 Å². The average molecular weight is 1820 g/mol. The van der Waals surface area contributed by atoms with E-state index < -0.39 is 248 Å². The molecular weight excluding hydrogens is 1690 g/mol. The lowest BCUT2D eigenvalue weighted by molar-refractivity contribution is -0.144. The molecule has 2 aromatic heterocycles. The van der Waals surface area contributed by atoms with Crippen molar-refractivity contribution < 1.29 is 91.7 Å². The number of thioether (sulfide) groups is 1. The summed E-state index contributed by atoms with van der Waals surface area (Å²) in [6.07, 6.45) is 3.09. The zero-order valence-electron chi connectivity index (χ0n) is 73.4. The minimum atomic E-state index is -1.80. The molecular formula is C86H123N23O19S. The Kier molecular flexibility index (Phi) is 38.8. The Morgan fingerprint density at radius 2 is 1.09 bits per heavy atom. The maximum absolute atomic E-state index is 15.7. The summed E-state index contributed by atoms with van der Waals surface area (Å²) in [7, 11) is 4.43. The molecule has 17 amide bonds. The first-order chi connectivity index (χ1) is 61.5. The predicted molar refractivity (Wildman–Crippen MR) is 477 cm³/mol. The number of aromatic amines is 2. The summed E-state index contributed by atoms with van der Waals surface area (Å²) in [4.78, 5) is 257. The SMILES string of the molecule is CCCC[C@H]1CN(C)[C@@H](CCCC)C(=O)N[C@@H](CCN)C(=O)N[C@H](C(=O)NCC(N)=O)CSCC(=O)N/C(=C/c2ccc(O)cc2)C(=O)N(C)[C@@H](C)C(=O)N[C@@H](CC(N)=O)C(=O)N2CCC[C@H]2C(=O)N[C@@H](CN)C(=O)N[C@@H](CCC(N)=O)C(=O)N2C[C@H](O)C[C@H]2C(=O)N[C@@H](Cc2c[nH]c3ccccc23)C(=O)N[C@@H](CCN)C(=O)N[C@@H](Cc2c[nH]c3ccccc23)C(=O)N1C. The molecule has 8 rings (SSSR count). The number of fused-ring (bicyclic) bond motifs is 4. The van der Waals surface area contributed by atoms with E-state index in [-0.39, 0.29) is 82.4 Å². The third-order valence-corrected chi connectivity index (χ3v) is 24.1. The van der Waals surface area contributed by atoms with E-state index in [0.29, 0.717) is 59.7 Å². The van der Waals surface area contributed by atoms with Crippen molar-refractivity contribution in [2.24, 2.45) is 34.4 Å². The second-order valence-electron chi connectivity index (χ2n) is 32.6. The fourth-order valence-electron chi connectivity index (χ4n) is 15.7. The van der Waals surface area contributed by atoms with Crippen molar-refractivity contribution in [1.82, 2.24) is 87.6 Å². The molecule has 0 spiro atoms. The third-order valence-electron chi connectivity index (χ3n) is 23.0. The Labute approximate surface area is 750 Å². The minimum absolute atomic E-state index is 0.0416. The predicted octanol–water partition coefficient (Wildman–Crippen LogP) is -4.37. The van der Waals surface area contributed by atoms with Crippen LogP contribution in [0.4, 0.5) is 0 Å². The highest BCUT2D eigenvalue weighted by atomic mass is 32.2. The monoisotopic (exact) mass is 1810 g/mol. The van der Waals surface area contributed by atoms with Gasteiger partial charge in [0.25, 0.3) is 5.91 Å². The quantitative estimate of drug-likeness (QED) is 0.0260. The normalized spacial score (nSPS) is 25.2. The first kappa shape index (κ1) is 102. The molecule has 129 heavy (non-hydrogen) atoms. The van der Waals surface area contributed by atoms with Crippen LogP contribution >= 0.6 is 11.8 Å². The molecule has 0 saturated carbocycles. The second kappa shape index (κ2) is 49.1. The minimum Gasteiger partial charge on any atom is -0.508 e. The number of aromatic hydroxyl groups is 1. The molecule has 702 valence electrons. The smallest absolute Gasteiger partial charge is 0.270 e. The van der Waals surface area contributed by atoms with Crippen LogP contribution in [0.2, 0.25) is 0 Å². The summed E-state index contributed by atoms with van der Waals surface area (Å²) < 4.78 is 0. The van der Waals surface area contributed by atoms with Gasteiger partial charge in [-0.05, 0) is 119 Å². The van der Waals surface area contributed by atoms with Crippen molar-refractivity contribution >= 4 is 140 Å². The van der Waals surface area contributed by atoms with E-state index in [1.54, 1.807) is 61.7 Å². The molecule has 0 radical (unpaired) electrons. The van der Waals surface area contributed by atoms with Crippen LogP contribution in [-0.4, -0.2) is 308 Å². The molecule has 5 heterocycles. The van der Waals surface area contributed by atoms with Crippen LogP contribution in [-0.2, 0) is 94.3 Å². The van der Waals surface area contributed by atoms with Gasteiger partial charge in [0.05, 0.1) is 30.9 Å². The zero-order chi connectivity index (χ0) is 94.5. The molecule has 3 aliphatic rings. The zero-order valence-corrected chi connectivity index (χ0v) is 74.2. The van der Waals surface area contributed by atoms with Gasteiger partial charge in [-0.1, -0.05) is 88.1 Å². The molecule has 14 atom stereocenters. The molecule has 3 fully saturated rings. The number of amides is 17. The molecule has 5 aromatic rings. The van der Waals surface area contributed by atoms with Gasteiger partial charge in [-0.3, -0.25) is 86.4 Å². The molecule has 3 aliphatic heterocycles. The van der Waals surface area contributed by atoms with E-state index in [0.717, 1.165) is 31.8 Å². The Morgan fingerprint density at radius 3 is 1.68 bits per heavy atom. The van der Waals surface area contributed by atoms with Gasteiger partial charge in [0.2, 0.25) is 94.5 Å². The van der Waals surface area contributed by atoms with Crippen molar-refractivity contribution in [2.75, 3.05) is 78.5 Å². The number of aliphatic hydroxyl groups excluding tert-OH is 1. The first-order valence-electron chi connectivity index (χ1n) is 43.2. The third kappa shape index (κ3) is 28.7. The lowest BCUT2D eigenvalue weighted by Crippen LogP contribution is -2.61. The standard InChI is InChI=1S/C86H123N23O19S/c1-7-9-16-51-43-105(4)67(21-10-8-2)80(122)98-59(30-32-88)77(119)104-66(75(117)95-42-72(92)114)45-129-46-73(115)96-62(34-48-23-25-52(110)26-24-48)83(125)106(5)47(3)74(116)101-64(38-71(91)113)86(128)108-33-15-22-68(108)81(123)103-65(39-89)79(121)99-60(27-28-70(90)112)85(127)109-44-53(111)37-69(109)82(124)100-61(35-49-40-93-56-19-13-11-17-54(49)56)78(120)97-58(29-31-87)76(118)102-63(84(126)107(51)6)36-50-41-94-57-20-14-12-18-55(50)57/h11-14,17-20,23-26,34,40-41,47,51,53,58-61,63-69,93-94,110-111H,7-10,15-16,21-22,27-33,35-39,42-46,87-89H2,1-6H3,(H2,90,112)(H2,91,113)(H2,92,114)(H,95,117)(H,96,115)(H,97,120)(H,98,122)(H,99,121)(H,100,124)(H,101,116)(H,102,118)(H,103,123)(H,104,119)/b62-34+/t47-,51-,53+,58-,59-,60-,61-,63-,64-,65-,66-,67-,68-,69-/m0/s1. The van der Waals surface area contributed by atoms with Crippen molar-refractivity contribution in [1.29, 1.82) is 0 Å². The number of aliphatic hydroxyl groups is 1. The van der Waals surface area contributed by atoms with E-state index in [4.69, 9.17) is 34.4 Å². The number of likely N-dealkylation sites (N-methyl/N-ethyl adjacent to an activating group) is 3. The van der Waals surface area contributed by atoms with Crippen molar-refractivity contribution in [3.8, 4) is 5.75 Å². The van der Waals surface area contributed by atoms with Crippen LogP contribution < -0.4 is 87.6 Å². The van der Waals surface area contributed by atoms with Gasteiger partial charge < -0.3 is 127 Å². The number of H-pyrrole nitrogens is 2.